The van der Waals surface area contributed by atoms with Gasteiger partial charge in [0.2, 0.25) is 10.0 Å². The zero-order chi connectivity index (χ0) is 25.6. The van der Waals surface area contributed by atoms with E-state index in [2.05, 4.69) is 15.3 Å². The van der Waals surface area contributed by atoms with Crippen molar-refractivity contribution in [3.05, 3.63) is 69.8 Å². The van der Waals surface area contributed by atoms with Crippen molar-refractivity contribution in [1.82, 2.24) is 29.3 Å². The smallest absolute Gasteiger partial charge is 0.281 e. The number of nitrogens with zero attached hydrogens (tertiary/aromatic N) is 5. The summed E-state index contributed by atoms with van der Waals surface area (Å²) in [6, 6.07) is 12.5. The summed E-state index contributed by atoms with van der Waals surface area (Å²) < 4.78 is 40.8. The topological polar surface area (TPSA) is 132 Å². The zero-order valence-electron chi connectivity index (χ0n) is 20.3. The van der Waals surface area contributed by atoms with Gasteiger partial charge in [0.25, 0.3) is 5.56 Å². The van der Waals surface area contributed by atoms with E-state index in [1.54, 1.807) is 28.9 Å². The quantitative estimate of drug-likeness (QED) is 0.422. The van der Waals surface area contributed by atoms with Gasteiger partial charge in [0.1, 0.15) is 19.0 Å². The number of ether oxygens (including phenoxy) is 2. The second-order valence-electron chi connectivity index (χ2n) is 9.36. The number of rotatable bonds is 5. The Bertz CT molecular complexity index is 1630. The molecule has 1 unspecified atom stereocenters. The molecule has 0 spiro atoms. The Kier molecular flexibility index (Phi) is 5.92. The molecule has 4 heterocycles. The summed E-state index contributed by atoms with van der Waals surface area (Å²) in [5.41, 5.74) is 1.99. The molecule has 1 saturated heterocycles. The molecule has 1 atom stereocenters. The minimum absolute atomic E-state index is 0.140. The highest BCUT2D eigenvalue weighted by Crippen LogP contribution is 2.32. The van der Waals surface area contributed by atoms with E-state index in [0.29, 0.717) is 62.1 Å². The van der Waals surface area contributed by atoms with E-state index in [-0.39, 0.29) is 22.9 Å². The maximum atomic E-state index is 13.3. The summed E-state index contributed by atoms with van der Waals surface area (Å²) in [6.45, 7) is 3.90. The molecule has 0 amide bonds. The van der Waals surface area contributed by atoms with Crippen LogP contribution in [0, 0.1) is 6.92 Å². The molecule has 2 aliphatic heterocycles. The van der Waals surface area contributed by atoms with Gasteiger partial charge >= 0.3 is 0 Å². The van der Waals surface area contributed by atoms with E-state index in [9.17, 15) is 13.2 Å². The molecular formula is C25H26N6O5S. The van der Waals surface area contributed by atoms with Crippen LogP contribution in [-0.2, 0) is 16.6 Å². The van der Waals surface area contributed by atoms with Crippen LogP contribution in [0.15, 0.2) is 52.2 Å². The van der Waals surface area contributed by atoms with Gasteiger partial charge in [-0.2, -0.15) is 4.31 Å². The van der Waals surface area contributed by atoms with Crippen molar-refractivity contribution in [1.29, 1.82) is 0 Å². The lowest BCUT2D eigenvalue weighted by Crippen LogP contribution is -2.39. The highest BCUT2D eigenvalue weighted by molar-refractivity contribution is 7.89. The van der Waals surface area contributed by atoms with Crippen molar-refractivity contribution < 1.29 is 17.9 Å². The average Bonchev–Trinajstić information content (AvgIpc) is 3.32. The van der Waals surface area contributed by atoms with Crippen LogP contribution in [0.25, 0.3) is 11.2 Å². The lowest BCUT2D eigenvalue weighted by molar-refractivity contribution is 0.171. The van der Waals surface area contributed by atoms with Gasteiger partial charge in [-0.3, -0.25) is 4.79 Å². The van der Waals surface area contributed by atoms with Crippen LogP contribution in [0.3, 0.4) is 0 Å². The monoisotopic (exact) mass is 522 g/mol. The second-order valence-corrected chi connectivity index (χ2v) is 11.3. The van der Waals surface area contributed by atoms with Gasteiger partial charge < -0.3 is 14.5 Å². The van der Waals surface area contributed by atoms with Gasteiger partial charge in [-0.1, -0.05) is 29.0 Å². The summed E-state index contributed by atoms with van der Waals surface area (Å²) in [7, 11) is -3.66. The van der Waals surface area contributed by atoms with Crippen molar-refractivity contribution in [2.24, 2.45) is 0 Å². The molecule has 2 aromatic heterocycles. The van der Waals surface area contributed by atoms with Gasteiger partial charge in [0.05, 0.1) is 11.4 Å². The molecule has 11 nitrogen and oxygen atoms in total. The van der Waals surface area contributed by atoms with Gasteiger partial charge in [-0.25, -0.2) is 18.1 Å². The van der Waals surface area contributed by atoms with Gasteiger partial charge in [0, 0.05) is 19.0 Å². The molecule has 1 fully saturated rings. The van der Waals surface area contributed by atoms with Crippen LogP contribution in [0.4, 0.5) is 0 Å². The number of aryl methyl sites for hydroxylation is 1. The molecular weight excluding hydrogens is 496 g/mol. The number of aromatic nitrogens is 5. The molecule has 0 bridgehead atoms. The Balaban J connectivity index is 1.29. The SMILES string of the molecule is Cc1ccc(S(=O)(=O)N2CCCC(c3nc4c(nnn4Cc4ccc5c(c4)OCCO5)c(=O)[nH]3)C2)cc1. The molecule has 0 aliphatic carbocycles. The molecule has 37 heavy (non-hydrogen) atoms. The van der Waals surface area contributed by atoms with Gasteiger partial charge in [-0.05, 0) is 49.6 Å². The lowest BCUT2D eigenvalue weighted by atomic mass is 9.99. The minimum atomic E-state index is -3.66. The number of piperidine rings is 1. The molecule has 12 heteroatoms. The summed E-state index contributed by atoms with van der Waals surface area (Å²) >= 11 is 0. The number of sulfonamides is 1. The average molecular weight is 523 g/mol. The van der Waals surface area contributed by atoms with Crippen LogP contribution in [0.2, 0.25) is 0 Å². The molecule has 192 valence electrons. The predicted molar refractivity (Wildman–Crippen MR) is 134 cm³/mol. The van der Waals surface area contributed by atoms with Gasteiger partial charge in [-0.15, -0.1) is 5.10 Å². The first-order valence-corrected chi connectivity index (χ1v) is 13.6. The fraction of sp³-hybridized carbons (Fsp3) is 0.360. The molecule has 4 aromatic rings. The lowest BCUT2D eigenvalue weighted by Gasteiger charge is -2.31. The number of hydrogen-bond donors (Lipinski definition) is 1. The minimum Gasteiger partial charge on any atom is -0.486 e. The first-order valence-electron chi connectivity index (χ1n) is 12.2. The highest BCUT2D eigenvalue weighted by Gasteiger charge is 2.32. The number of benzene rings is 2. The van der Waals surface area contributed by atoms with Crippen LogP contribution >= 0.6 is 0 Å². The first-order chi connectivity index (χ1) is 17.9. The largest absolute Gasteiger partial charge is 0.486 e. The Morgan fingerprint density at radius 2 is 1.86 bits per heavy atom. The van der Waals surface area contributed by atoms with E-state index in [1.807, 2.05) is 25.1 Å². The van der Waals surface area contributed by atoms with Crippen LogP contribution < -0.4 is 15.0 Å². The molecule has 1 N–H and O–H groups in total. The maximum Gasteiger partial charge on any atom is 0.281 e. The van der Waals surface area contributed by atoms with E-state index in [4.69, 9.17) is 14.5 Å². The van der Waals surface area contributed by atoms with E-state index in [1.165, 1.54) is 4.31 Å². The highest BCUT2D eigenvalue weighted by atomic mass is 32.2. The van der Waals surface area contributed by atoms with Gasteiger partial charge in [0.15, 0.2) is 22.7 Å². The fourth-order valence-electron chi connectivity index (χ4n) is 4.79. The van der Waals surface area contributed by atoms with Crippen molar-refractivity contribution in [3.63, 3.8) is 0 Å². The number of hydrogen-bond acceptors (Lipinski definition) is 8. The fourth-order valence-corrected chi connectivity index (χ4v) is 6.31. The third kappa shape index (κ3) is 4.46. The Labute approximate surface area is 213 Å². The first kappa shape index (κ1) is 23.6. The summed E-state index contributed by atoms with van der Waals surface area (Å²) in [6.07, 6.45) is 1.37. The normalized spacial score (nSPS) is 18.2. The Morgan fingerprint density at radius 1 is 1.08 bits per heavy atom. The summed E-state index contributed by atoms with van der Waals surface area (Å²) in [5, 5.41) is 8.19. The molecule has 2 aliphatic rings. The van der Waals surface area contributed by atoms with E-state index < -0.39 is 15.6 Å². The molecule has 0 radical (unpaired) electrons. The predicted octanol–water partition coefficient (Wildman–Crippen LogP) is 2.21. The van der Waals surface area contributed by atoms with E-state index >= 15 is 0 Å². The van der Waals surface area contributed by atoms with Crippen molar-refractivity contribution >= 4 is 21.2 Å². The zero-order valence-corrected chi connectivity index (χ0v) is 21.1. The number of fused-ring (bicyclic) bond motifs is 2. The van der Waals surface area contributed by atoms with Crippen molar-refractivity contribution in [3.8, 4) is 11.5 Å². The van der Waals surface area contributed by atoms with Crippen LogP contribution in [-0.4, -0.2) is 64.0 Å². The second kappa shape index (κ2) is 9.27. The Morgan fingerprint density at radius 3 is 2.68 bits per heavy atom. The summed E-state index contributed by atoms with van der Waals surface area (Å²) in [5.74, 6) is 1.53. The van der Waals surface area contributed by atoms with Crippen LogP contribution in [0.1, 0.15) is 35.7 Å². The van der Waals surface area contributed by atoms with Crippen molar-refractivity contribution in [2.45, 2.75) is 37.1 Å². The third-order valence-corrected chi connectivity index (χ3v) is 8.64. The van der Waals surface area contributed by atoms with E-state index in [0.717, 1.165) is 11.1 Å². The van der Waals surface area contributed by atoms with Crippen LogP contribution in [0.5, 0.6) is 11.5 Å². The molecule has 6 rings (SSSR count). The number of nitrogens with one attached hydrogen (secondary N) is 1. The molecule has 0 saturated carbocycles. The molecule has 2 aromatic carbocycles. The third-order valence-electron chi connectivity index (χ3n) is 6.76. The standard InChI is InChI=1S/C25H26N6O5S/c1-16-4-7-19(8-5-16)37(33,34)30-10-2-3-18(15-30)23-26-24-22(25(32)27-23)28-29-31(24)14-17-6-9-20-21(13-17)36-12-11-35-20/h4-9,13,18H,2-3,10-12,14-15H2,1H3,(H,26,27,32). The number of aromatic amines is 1. The maximum absolute atomic E-state index is 13.3. The summed E-state index contributed by atoms with van der Waals surface area (Å²) in [4.78, 5) is 20.6. The van der Waals surface area contributed by atoms with Crippen molar-refractivity contribution in [2.75, 3.05) is 26.3 Å². The number of H-pyrrole nitrogens is 1. The Hall–Kier alpha value is -3.77.